The molecule has 128 valence electrons. The number of benzene rings is 2. The molecule has 0 aromatic heterocycles. The molecule has 3 rings (SSSR count). The van der Waals surface area contributed by atoms with Crippen LogP contribution in [0, 0.1) is 0 Å². The molecular formula is C22H29NO. The Morgan fingerprint density at radius 2 is 1.46 bits per heavy atom. The third-order valence-electron chi connectivity index (χ3n) is 4.78. The van der Waals surface area contributed by atoms with Crippen LogP contribution in [0.2, 0.25) is 0 Å². The van der Waals surface area contributed by atoms with Gasteiger partial charge in [-0.15, -0.1) is 0 Å². The fraction of sp³-hybridized carbons (Fsp3) is 0.455. The normalized spacial score (nSPS) is 12.0. The number of ether oxygens (including phenoxy) is 1. The van der Waals surface area contributed by atoms with E-state index in [0.29, 0.717) is 0 Å². The first-order valence-electron chi connectivity index (χ1n) is 9.54. The van der Waals surface area contributed by atoms with E-state index < -0.39 is 0 Å². The number of para-hydroxylation sites is 3. The number of nitrogens with one attached hydrogen (secondary N) is 1. The second-order valence-electron chi connectivity index (χ2n) is 6.74. The predicted molar refractivity (Wildman–Crippen MR) is 103 cm³/mol. The van der Waals surface area contributed by atoms with Gasteiger partial charge < -0.3 is 10.1 Å². The molecule has 1 heterocycles. The van der Waals surface area contributed by atoms with E-state index in [1.165, 1.54) is 56.9 Å². The molecular weight excluding hydrogens is 294 g/mol. The zero-order valence-corrected chi connectivity index (χ0v) is 14.8. The molecule has 2 heteroatoms. The summed E-state index contributed by atoms with van der Waals surface area (Å²) in [5, 5.41) is 3.56. The van der Waals surface area contributed by atoms with Crippen molar-refractivity contribution in [3.63, 3.8) is 0 Å². The van der Waals surface area contributed by atoms with Crippen LogP contribution >= 0.6 is 0 Å². The van der Waals surface area contributed by atoms with Gasteiger partial charge in [0.2, 0.25) is 0 Å². The van der Waals surface area contributed by atoms with Crippen LogP contribution < -0.4 is 10.1 Å². The molecule has 1 aliphatic rings. The van der Waals surface area contributed by atoms with Crippen molar-refractivity contribution in [3.8, 4) is 11.5 Å². The fourth-order valence-electron chi connectivity index (χ4n) is 3.37. The van der Waals surface area contributed by atoms with Crippen molar-refractivity contribution in [3.05, 3.63) is 48.0 Å². The summed E-state index contributed by atoms with van der Waals surface area (Å²) in [6, 6.07) is 14.5. The largest absolute Gasteiger partial charge is 0.453 e. The molecule has 2 aromatic carbocycles. The standard InChI is InChI=1S/C22H29NO/c1-2-3-4-5-6-7-8-9-13-18-14-12-17-21-22(18)23-19-15-10-11-16-20(19)24-21/h10-12,14-17,23H,2-9,13H2,1H3. The number of rotatable bonds is 9. The van der Waals surface area contributed by atoms with E-state index in [-0.39, 0.29) is 0 Å². The highest BCUT2D eigenvalue weighted by molar-refractivity contribution is 5.77. The van der Waals surface area contributed by atoms with Crippen LogP contribution in [0.3, 0.4) is 0 Å². The van der Waals surface area contributed by atoms with Crippen LogP contribution in [0.4, 0.5) is 11.4 Å². The highest BCUT2D eigenvalue weighted by Gasteiger charge is 2.18. The predicted octanol–water partition coefficient (Wildman–Crippen LogP) is 7.22. The fourth-order valence-corrected chi connectivity index (χ4v) is 3.37. The van der Waals surface area contributed by atoms with Gasteiger partial charge in [-0.2, -0.15) is 0 Å². The smallest absolute Gasteiger partial charge is 0.151 e. The van der Waals surface area contributed by atoms with Crippen molar-refractivity contribution < 1.29 is 4.74 Å². The van der Waals surface area contributed by atoms with Crippen LogP contribution in [0.1, 0.15) is 63.9 Å². The van der Waals surface area contributed by atoms with E-state index in [1.807, 2.05) is 18.2 Å². The van der Waals surface area contributed by atoms with E-state index >= 15 is 0 Å². The average Bonchev–Trinajstić information content (AvgIpc) is 2.62. The quantitative estimate of drug-likeness (QED) is 0.420. The van der Waals surface area contributed by atoms with Crippen LogP contribution in [-0.2, 0) is 6.42 Å². The Morgan fingerprint density at radius 1 is 0.750 bits per heavy atom. The third kappa shape index (κ3) is 4.31. The maximum atomic E-state index is 6.04. The first kappa shape index (κ1) is 16.9. The zero-order chi connectivity index (χ0) is 16.6. The Balaban J connectivity index is 1.50. The molecule has 0 amide bonds. The lowest BCUT2D eigenvalue weighted by molar-refractivity contribution is 0.480. The number of unbranched alkanes of at least 4 members (excludes halogenated alkanes) is 7. The van der Waals surface area contributed by atoms with Crippen molar-refractivity contribution in [2.24, 2.45) is 0 Å². The van der Waals surface area contributed by atoms with Crippen molar-refractivity contribution in [1.29, 1.82) is 0 Å². The average molecular weight is 323 g/mol. The first-order chi connectivity index (χ1) is 11.9. The van der Waals surface area contributed by atoms with E-state index in [1.54, 1.807) is 0 Å². The van der Waals surface area contributed by atoms with Crippen LogP contribution in [0.15, 0.2) is 42.5 Å². The van der Waals surface area contributed by atoms with Crippen LogP contribution in [-0.4, -0.2) is 0 Å². The van der Waals surface area contributed by atoms with Crippen molar-refractivity contribution in [2.75, 3.05) is 5.32 Å². The van der Waals surface area contributed by atoms with Gasteiger partial charge in [-0.3, -0.25) is 0 Å². The summed E-state index contributed by atoms with van der Waals surface area (Å²) in [7, 11) is 0. The molecule has 0 bridgehead atoms. The Bertz CT molecular complexity index is 650. The highest BCUT2D eigenvalue weighted by atomic mass is 16.5. The molecule has 0 atom stereocenters. The highest BCUT2D eigenvalue weighted by Crippen LogP contribution is 2.43. The van der Waals surface area contributed by atoms with E-state index in [4.69, 9.17) is 4.74 Å². The lowest BCUT2D eigenvalue weighted by Gasteiger charge is -2.24. The Morgan fingerprint density at radius 3 is 2.29 bits per heavy atom. The zero-order valence-electron chi connectivity index (χ0n) is 14.8. The summed E-state index contributed by atoms with van der Waals surface area (Å²) in [4.78, 5) is 0. The van der Waals surface area contributed by atoms with Gasteiger partial charge in [0, 0.05) is 0 Å². The lowest BCUT2D eigenvalue weighted by Crippen LogP contribution is -2.05. The number of hydrogen-bond donors (Lipinski definition) is 1. The molecule has 2 nitrogen and oxygen atoms in total. The molecule has 24 heavy (non-hydrogen) atoms. The molecule has 0 unspecified atom stereocenters. The summed E-state index contributed by atoms with van der Waals surface area (Å²) < 4.78 is 6.04. The monoisotopic (exact) mass is 323 g/mol. The van der Waals surface area contributed by atoms with E-state index in [2.05, 4.69) is 36.5 Å². The summed E-state index contributed by atoms with van der Waals surface area (Å²) in [6.07, 6.45) is 12.0. The first-order valence-corrected chi connectivity index (χ1v) is 9.54. The van der Waals surface area contributed by atoms with Gasteiger partial charge in [-0.1, -0.05) is 76.1 Å². The van der Waals surface area contributed by atoms with Gasteiger partial charge in [-0.05, 0) is 36.6 Å². The maximum absolute atomic E-state index is 6.04. The number of fused-ring (bicyclic) bond motifs is 2. The SMILES string of the molecule is CCCCCCCCCCc1cccc2c1Nc1ccccc1O2. The van der Waals surface area contributed by atoms with Crippen molar-refractivity contribution in [2.45, 2.75) is 64.7 Å². The minimum atomic E-state index is 0.911. The molecule has 1 aliphatic heterocycles. The minimum absolute atomic E-state index is 0.911. The Kier molecular flexibility index (Phi) is 6.17. The van der Waals surface area contributed by atoms with Gasteiger partial charge >= 0.3 is 0 Å². The Labute approximate surface area is 146 Å². The third-order valence-corrected chi connectivity index (χ3v) is 4.78. The summed E-state index contributed by atoms with van der Waals surface area (Å²) in [5.41, 5.74) is 3.58. The summed E-state index contributed by atoms with van der Waals surface area (Å²) in [5.74, 6) is 1.86. The van der Waals surface area contributed by atoms with Gasteiger partial charge in [-0.25, -0.2) is 0 Å². The van der Waals surface area contributed by atoms with Crippen molar-refractivity contribution >= 4 is 11.4 Å². The molecule has 0 spiro atoms. The van der Waals surface area contributed by atoms with E-state index in [9.17, 15) is 0 Å². The van der Waals surface area contributed by atoms with Crippen molar-refractivity contribution in [1.82, 2.24) is 0 Å². The van der Waals surface area contributed by atoms with Gasteiger partial charge in [0.15, 0.2) is 11.5 Å². The van der Waals surface area contributed by atoms with Gasteiger partial charge in [0.1, 0.15) is 0 Å². The topological polar surface area (TPSA) is 21.3 Å². The maximum Gasteiger partial charge on any atom is 0.151 e. The second kappa shape index (κ2) is 8.77. The van der Waals surface area contributed by atoms with Gasteiger partial charge in [0.05, 0.1) is 11.4 Å². The molecule has 2 aromatic rings. The summed E-state index contributed by atoms with van der Waals surface area (Å²) >= 11 is 0. The summed E-state index contributed by atoms with van der Waals surface area (Å²) in [6.45, 7) is 2.27. The molecule has 0 radical (unpaired) electrons. The minimum Gasteiger partial charge on any atom is -0.453 e. The number of anilines is 2. The number of aryl methyl sites for hydroxylation is 1. The van der Waals surface area contributed by atoms with Gasteiger partial charge in [0.25, 0.3) is 0 Å². The number of hydrogen-bond acceptors (Lipinski definition) is 2. The molecule has 0 saturated carbocycles. The molecule has 0 fully saturated rings. The van der Waals surface area contributed by atoms with E-state index in [0.717, 1.165) is 29.3 Å². The molecule has 1 N–H and O–H groups in total. The molecule has 0 aliphatic carbocycles. The van der Waals surface area contributed by atoms with Crippen LogP contribution in [0.5, 0.6) is 11.5 Å². The lowest BCUT2D eigenvalue weighted by atomic mass is 10.0. The van der Waals surface area contributed by atoms with Crippen LogP contribution in [0.25, 0.3) is 0 Å². The second-order valence-corrected chi connectivity index (χ2v) is 6.74. The molecule has 0 saturated heterocycles. The Hall–Kier alpha value is -1.96.